The molecule has 1 atom stereocenters. The Hall–Kier alpha value is -1.86. The molecule has 0 aliphatic heterocycles. The van der Waals surface area contributed by atoms with E-state index in [9.17, 15) is 9.90 Å². The molecule has 2 aromatic heterocycles. The molecule has 3 N–H and O–H groups in total. The average Bonchev–Trinajstić information content (AvgIpc) is 3.10. The van der Waals surface area contributed by atoms with Gasteiger partial charge in [-0.25, -0.2) is 4.98 Å². The second kappa shape index (κ2) is 6.72. The van der Waals surface area contributed by atoms with Gasteiger partial charge < -0.3 is 15.0 Å². The van der Waals surface area contributed by atoms with E-state index in [1.807, 2.05) is 32.4 Å². The second-order valence-corrected chi connectivity index (χ2v) is 6.55. The van der Waals surface area contributed by atoms with Crippen LogP contribution in [-0.2, 0) is 13.5 Å². The molecule has 7 nitrogen and oxygen atoms in total. The van der Waals surface area contributed by atoms with Gasteiger partial charge in [0.2, 0.25) is 0 Å². The number of H-pyrrole nitrogens is 1. The van der Waals surface area contributed by atoms with Crippen LogP contribution in [0.5, 0.6) is 0 Å². The minimum absolute atomic E-state index is 0.112. The minimum atomic E-state index is -0.606. The Bertz CT molecular complexity index is 692. The predicted octanol–water partition coefficient (Wildman–Crippen LogP) is 1.85. The lowest BCUT2D eigenvalue weighted by Gasteiger charge is -2.32. The zero-order valence-corrected chi connectivity index (χ0v) is 14.5. The number of aliphatic hydroxyl groups excluding tert-OH is 1. The molecule has 1 amide bonds. The summed E-state index contributed by atoms with van der Waals surface area (Å²) < 4.78 is 1.81. The molecule has 0 spiro atoms. The lowest BCUT2D eigenvalue weighted by atomic mass is 9.84. The molecule has 0 saturated heterocycles. The molecule has 1 unspecified atom stereocenters. The van der Waals surface area contributed by atoms with Crippen LogP contribution in [0.25, 0.3) is 0 Å². The number of aromatic amines is 1. The maximum absolute atomic E-state index is 12.6. The van der Waals surface area contributed by atoms with Crippen molar-refractivity contribution in [2.75, 3.05) is 6.61 Å². The lowest BCUT2D eigenvalue weighted by molar-refractivity contribution is 0.0786. The summed E-state index contributed by atoms with van der Waals surface area (Å²) in [5, 5.41) is 19.7. The van der Waals surface area contributed by atoms with E-state index < -0.39 is 17.4 Å². The van der Waals surface area contributed by atoms with Crippen LogP contribution in [0.15, 0.2) is 12.4 Å². The van der Waals surface area contributed by atoms with E-state index in [-0.39, 0.29) is 12.3 Å². The Labute approximate surface area is 140 Å². The summed E-state index contributed by atoms with van der Waals surface area (Å²) >= 11 is 6.18. The van der Waals surface area contributed by atoms with Crippen LogP contribution in [0.4, 0.5) is 0 Å². The normalized spacial score (nSPS) is 13.1. The van der Waals surface area contributed by atoms with Crippen molar-refractivity contribution in [3.63, 3.8) is 0 Å². The number of aryl methyl sites for hydroxylation is 2. The van der Waals surface area contributed by atoms with Crippen molar-refractivity contribution in [3.05, 3.63) is 34.6 Å². The van der Waals surface area contributed by atoms with Gasteiger partial charge >= 0.3 is 0 Å². The SMILES string of the molecule is CCc1[nH]nc(C(=O)NC(c2nccn2C)C(C)(C)CO)c1Cl. The number of hydrogen-bond acceptors (Lipinski definition) is 4. The first-order chi connectivity index (χ1) is 10.8. The largest absolute Gasteiger partial charge is 0.396 e. The number of nitrogens with zero attached hydrogens (tertiary/aromatic N) is 3. The molecule has 126 valence electrons. The van der Waals surface area contributed by atoms with Gasteiger partial charge in [0.25, 0.3) is 5.91 Å². The van der Waals surface area contributed by atoms with Crippen molar-refractivity contribution in [1.29, 1.82) is 0 Å². The highest BCUT2D eigenvalue weighted by atomic mass is 35.5. The van der Waals surface area contributed by atoms with E-state index in [0.717, 1.165) is 0 Å². The zero-order chi connectivity index (χ0) is 17.2. The molecule has 2 rings (SSSR count). The third kappa shape index (κ3) is 3.40. The highest BCUT2D eigenvalue weighted by Gasteiger charge is 2.35. The van der Waals surface area contributed by atoms with Gasteiger partial charge in [0.05, 0.1) is 23.4 Å². The third-order valence-electron chi connectivity index (χ3n) is 3.93. The lowest BCUT2D eigenvalue weighted by Crippen LogP contribution is -2.41. The number of aliphatic hydroxyl groups is 1. The zero-order valence-electron chi connectivity index (χ0n) is 13.7. The second-order valence-electron chi connectivity index (χ2n) is 6.17. The third-order valence-corrected chi connectivity index (χ3v) is 4.33. The summed E-state index contributed by atoms with van der Waals surface area (Å²) in [6.07, 6.45) is 4.10. The molecule has 2 aromatic rings. The molecular formula is C15H22ClN5O2. The van der Waals surface area contributed by atoms with E-state index in [4.69, 9.17) is 11.6 Å². The molecule has 0 fully saturated rings. The summed E-state index contributed by atoms with van der Waals surface area (Å²) in [6, 6.07) is -0.488. The number of carbonyl (C=O) groups is 1. The van der Waals surface area contributed by atoms with Crippen LogP contribution in [0, 0.1) is 5.41 Å². The van der Waals surface area contributed by atoms with Gasteiger partial charge in [-0.1, -0.05) is 32.4 Å². The van der Waals surface area contributed by atoms with Crippen LogP contribution in [-0.4, -0.2) is 37.4 Å². The van der Waals surface area contributed by atoms with E-state index in [2.05, 4.69) is 20.5 Å². The van der Waals surface area contributed by atoms with Gasteiger partial charge in [0.15, 0.2) is 5.69 Å². The van der Waals surface area contributed by atoms with Gasteiger partial charge in [0, 0.05) is 24.9 Å². The van der Waals surface area contributed by atoms with Crippen LogP contribution < -0.4 is 5.32 Å². The first kappa shape index (κ1) is 17.5. The number of rotatable bonds is 6. The van der Waals surface area contributed by atoms with Crippen molar-refractivity contribution in [1.82, 2.24) is 25.1 Å². The quantitative estimate of drug-likeness (QED) is 0.748. The predicted molar refractivity (Wildman–Crippen MR) is 87.3 cm³/mol. The van der Waals surface area contributed by atoms with Gasteiger partial charge in [-0.2, -0.15) is 5.10 Å². The number of aromatic nitrogens is 4. The van der Waals surface area contributed by atoms with Crippen molar-refractivity contribution in [2.45, 2.75) is 33.2 Å². The van der Waals surface area contributed by atoms with E-state index in [1.165, 1.54) is 0 Å². The molecule has 0 bridgehead atoms. The summed E-state index contributed by atoms with van der Waals surface area (Å²) in [4.78, 5) is 16.9. The maximum Gasteiger partial charge on any atom is 0.273 e. The van der Waals surface area contributed by atoms with Crippen LogP contribution in [0.2, 0.25) is 5.02 Å². The van der Waals surface area contributed by atoms with Gasteiger partial charge in [-0.3, -0.25) is 9.89 Å². The van der Waals surface area contributed by atoms with Gasteiger partial charge in [0.1, 0.15) is 5.82 Å². The van der Waals surface area contributed by atoms with Gasteiger partial charge in [-0.15, -0.1) is 0 Å². The molecule has 23 heavy (non-hydrogen) atoms. The molecule has 0 aliphatic rings. The topological polar surface area (TPSA) is 95.8 Å². The molecule has 0 aromatic carbocycles. The molecule has 0 aliphatic carbocycles. The van der Waals surface area contributed by atoms with E-state index >= 15 is 0 Å². The average molecular weight is 340 g/mol. The smallest absolute Gasteiger partial charge is 0.273 e. The number of hydrogen-bond donors (Lipinski definition) is 3. The highest BCUT2D eigenvalue weighted by molar-refractivity contribution is 6.34. The minimum Gasteiger partial charge on any atom is -0.396 e. The fourth-order valence-electron chi connectivity index (χ4n) is 2.30. The summed E-state index contributed by atoms with van der Waals surface area (Å²) in [5.74, 6) is 0.250. The number of halogens is 1. The summed E-state index contributed by atoms with van der Waals surface area (Å²) in [6.45, 7) is 5.53. The fraction of sp³-hybridized carbons (Fsp3) is 0.533. The van der Waals surface area contributed by atoms with E-state index in [1.54, 1.807) is 12.4 Å². The molecule has 8 heteroatoms. The van der Waals surface area contributed by atoms with Crippen molar-refractivity contribution in [2.24, 2.45) is 12.5 Å². The fourth-order valence-corrected chi connectivity index (χ4v) is 2.61. The molecule has 0 saturated carbocycles. The first-order valence-electron chi connectivity index (χ1n) is 7.43. The Morgan fingerprint density at radius 1 is 1.57 bits per heavy atom. The monoisotopic (exact) mass is 339 g/mol. The van der Waals surface area contributed by atoms with Gasteiger partial charge in [-0.05, 0) is 6.42 Å². The van der Waals surface area contributed by atoms with Crippen molar-refractivity contribution in [3.8, 4) is 0 Å². The first-order valence-corrected chi connectivity index (χ1v) is 7.81. The number of carbonyl (C=O) groups excluding carboxylic acids is 1. The van der Waals surface area contributed by atoms with Crippen LogP contribution in [0.3, 0.4) is 0 Å². The van der Waals surface area contributed by atoms with Crippen LogP contribution in [0.1, 0.15) is 48.8 Å². The maximum atomic E-state index is 12.6. The highest BCUT2D eigenvalue weighted by Crippen LogP contribution is 2.32. The van der Waals surface area contributed by atoms with Crippen molar-refractivity contribution < 1.29 is 9.90 Å². The Morgan fingerprint density at radius 2 is 2.26 bits per heavy atom. The Kier molecular flexibility index (Phi) is 5.11. The Morgan fingerprint density at radius 3 is 2.74 bits per heavy atom. The number of amides is 1. The number of imidazole rings is 1. The number of nitrogens with one attached hydrogen (secondary N) is 2. The van der Waals surface area contributed by atoms with E-state index in [0.29, 0.717) is 23.0 Å². The van der Waals surface area contributed by atoms with Crippen LogP contribution >= 0.6 is 11.6 Å². The molecular weight excluding hydrogens is 318 g/mol. The van der Waals surface area contributed by atoms with Crippen molar-refractivity contribution >= 4 is 17.5 Å². The summed E-state index contributed by atoms with van der Waals surface area (Å²) in [7, 11) is 1.84. The Balaban J connectivity index is 2.33. The molecule has 2 heterocycles. The molecule has 0 radical (unpaired) electrons. The summed E-state index contributed by atoms with van der Waals surface area (Å²) in [5.41, 5.74) is 0.258. The standard InChI is InChI=1S/C15H22ClN5O2/c1-5-9-10(16)11(20-19-9)14(23)18-12(15(2,3)8-22)13-17-6-7-21(13)4/h6-7,12,22H,5,8H2,1-4H3,(H,18,23)(H,19,20).